The molecule has 1 atom stereocenters. The van der Waals surface area contributed by atoms with Gasteiger partial charge in [-0.25, -0.2) is 4.79 Å². The third kappa shape index (κ3) is 4.28. The van der Waals surface area contributed by atoms with Crippen molar-refractivity contribution in [2.75, 3.05) is 0 Å². The Morgan fingerprint density at radius 1 is 1.47 bits per heavy atom. The molecule has 0 aliphatic rings. The number of rotatable bonds is 6. The Labute approximate surface area is 112 Å². The third-order valence-corrected chi connectivity index (χ3v) is 2.78. The molecule has 5 nitrogen and oxygen atoms in total. The van der Waals surface area contributed by atoms with E-state index in [1.165, 1.54) is 19.1 Å². The molecule has 1 heterocycles. The fourth-order valence-corrected chi connectivity index (χ4v) is 1.74. The molecule has 19 heavy (non-hydrogen) atoms. The number of aryl methyl sites for hydroxylation is 1. The quantitative estimate of drug-likeness (QED) is 0.774. The van der Waals surface area contributed by atoms with E-state index in [-0.39, 0.29) is 0 Å². The summed E-state index contributed by atoms with van der Waals surface area (Å²) in [5.41, 5.74) is -1.24. The maximum absolute atomic E-state index is 11.7. The molecule has 0 bridgehead atoms. The van der Waals surface area contributed by atoms with E-state index < -0.39 is 17.4 Å². The van der Waals surface area contributed by atoms with Gasteiger partial charge in [0.15, 0.2) is 0 Å². The van der Waals surface area contributed by atoms with Crippen LogP contribution in [0.1, 0.15) is 38.2 Å². The van der Waals surface area contributed by atoms with E-state index in [2.05, 4.69) is 5.32 Å². The van der Waals surface area contributed by atoms with Crippen LogP contribution in [0.15, 0.2) is 22.6 Å². The van der Waals surface area contributed by atoms with Gasteiger partial charge in [0.2, 0.25) is 5.91 Å². The molecule has 0 spiro atoms. The van der Waals surface area contributed by atoms with Crippen LogP contribution in [0.3, 0.4) is 0 Å². The topological polar surface area (TPSA) is 79.5 Å². The summed E-state index contributed by atoms with van der Waals surface area (Å²) in [6.45, 7) is 5.18. The largest absolute Gasteiger partial charge is 0.480 e. The first-order chi connectivity index (χ1) is 8.87. The Morgan fingerprint density at radius 3 is 2.63 bits per heavy atom. The van der Waals surface area contributed by atoms with E-state index in [0.29, 0.717) is 18.6 Å². The predicted octanol–water partition coefficient (Wildman–Crippen LogP) is 2.36. The Morgan fingerprint density at radius 2 is 2.16 bits per heavy atom. The van der Waals surface area contributed by atoms with Crippen LogP contribution in [0.4, 0.5) is 0 Å². The molecule has 0 saturated heterocycles. The number of carbonyl (C=O) groups excluding carboxylic acids is 1. The summed E-state index contributed by atoms with van der Waals surface area (Å²) in [5, 5.41) is 11.6. The van der Waals surface area contributed by atoms with E-state index in [0.717, 1.165) is 5.76 Å². The summed E-state index contributed by atoms with van der Waals surface area (Å²) in [6, 6.07) is 3.53. The molecule has 0 aromatic carbocycles. The molecule has 5 heteroatoms. The zero-order valence-electron chi connectivity index (χ0n) is 11.4. The molecule has 1 amide bonds. The number of hydrogen-bond acceptors (Lipinski definition) is 3. The Bertz CT molecular complexity index is 489. The maximum atomic E-state index is 11.7. The number of furan rings is 1. The number of carboxylic acids is 1. The number of carbonyl (C=O) groups is 2. The van der Waals surface area contributed by atoms with Crippen LogP contribution in [0, 0.1) is 6.92 Å². The van der Waals surface area contributed by atoms with Crippen molar-refractivity contribution < 1.29 is 19.1 Å². The van der Waals surface area contributed by atoms with E-state index >= 15 is 0 Å². The number of carboxylic acid groups (broad SMARTS) is 1. The molecule has 0 fully saturated rings. The van der Waals surface area contributed by atoms with E-state index in [9.17, 15) is 9.59 Å². The minimum Gasteiger partial charge on any atom is -0.480 e. The van der Waals surface area contributed by atoms with Gasteiger partial charge in [-0.2, -0.15) is 0 Å². The zero-order chi connectivity index (χ0) is 14.5. The van der Waals surface area contributed by atoms with Gasteiger partial charge >= 0.3 is 5.97 Å². The third-order valence-electron chi connectivity index (χ3n) is 2.78. The first-order valence-corrected chi connectivity index (χ1v) is 6.17. The Hall–Kier alpha value is -2.04. The fourth-order valence-electron chi connectivity index (χ4n) is 1.74. The van der Waals surface area contributed by atoms with Crippen molar-refractivity contribution in [2.45, 2.75) is 39.2 Å². The molecule has 0 aliphatic heterocycles. The maximum Gasteiger partial charge on any atom is 0.329 e. The van der Waals surface area contributed by atoms with E-state index in [1.54, 1.807) is 19.1 Å². The van der Waals surface area contributed by atoms with Gasteiger partial charge < -0.3 is 14.8 Å². The number of nitrogens with one attached hydrogen (secondary N) is 1. The molecule has 1 rings (SSSR count). The molecule has 1 aromatic rings. The summed E-state index contributed by atoms with van der Waals surface area (Å²) < 4.78 is 5.28. The highest BCUT2D eigenvalue weighted by molar-refractivity contribution is 5.95. The number of amides is 1. The number of hydrogen-bond donors (Lipinski definition) is 2. The average molecular weight is 265 g/mol. The highest BCUT2D eigenvalue weighted by atomic mass is 16.4. The van der Waals surface area contributed by atoms with Crippen LogP contribution in [-0.4, -0.2) is 22.5 Å². The van der Waals surface area contributed by atoms with E-state index in [1.807, 2.05) is 6.92 Å². The van der Waals surface area contributed by atoms with Crippen molar-refractivity contribution >= 4 is 18.0 Å². The smallest absolute Gasteiger partial charge is 0.329 e. The van der Waals surface area contributed by atoms with Crippen LogP contribution in [0.2, 0.25) is 0 Å². The van der Waals surface area contributed by atoms with Crippen LogP contribution in [0.25, 0.3) is 6.08 Å². The minimum absolute atomic E-state index is 0.377. The van der Waals surface area contributed by atoms with E-state index in [4.69, 9.17) is 9.52 Å². The fraction of sp³-hybridized carbons (Fsp3) is 0.429. The summed E-state index contributed by atoms with van der Waals surface area (Å²) in [5.74, 6) is -0.182. The normalized spacial score (nSPS) is 14.3. The number of aliphatic carboxylic acids is 1. The van der Waals surface area contributed by atoms with Crippen LogP contribution < -0.4 is 5.32 Å². The van der Waals surface area contributed by atoms with Crippen molar-refractivity contribution in [1.82, 2.24) is 5.32 Å². The van der Waals surface area contributed by atoms with Crippen molar-refractivity contribution in [3.63, 3.8) is 0 Å². The lowest BCUT2D eigenvalue weighted by molar-refractivity contribution is -0.146. The van der Waals surface area contributed by atoms with Gasteiger partial charge in [-0.15, -0.1) is 0 Å². The predicted molar refractivity (Wildman–Crippen MR) is 71.6 cm³/mol. The van der Waals surface area contributed by atoms with Crippen molar-refractivity contribution in [3.05, 3.63) is 29.7 Å². The highest BCUT2D eigenvalue weighted by Crippen LogP contribution is 2.13. The second-order valence-electron chi connectivity index (χ2n) is 4.66. The van der Waals surface area contributed by atoms with Crippen LogP contribution in [-0.2, 0) is 9.59 Å². The molecular weight excluding hydrogens is 246 g/mol. The van der Waals surface area contributed by atoms with Crippen molar-refractivity contribution in [1.29, 1.82) is 0 Å². The van der Waals surface area contributed by atoms with Crippen LogP contribution in [0.5, 0.6) is 0 Å². The second kappa shape index (κ2) is 6.22. The molecule has 104 valence electrons. The molecular formula is C14H19NO4. The molecule has 0 saturated carbocycles. The van der Waals surface area contributed by atoms with Gasteiger partial charge in [0, 0.05) is 6.08 Å². The lowest BCUT2D eigenvalue weighted by atomic mass is 9.96. The molecule has 0 radical (unpaired) electrons. The van der Waals surface area contributed by atoms with Crippen LogP contribution >= 0.6 is 0 Å². The molecule has 1 aromatic heterocycles. The monoisotopic (exact) mass is 265 g/mol. The first-order valence-electron chi connectivity index (χ1n) is 6.17. The SMILES string of the molecule is CCCC(C)(NC(=O)/C=C/c1ccc(C)o1)C(=O)O. The Balaban J connectivity index is 2.68. The standard InChI is InChI=1S/C14H19NO4/c1-4-9-14(3,13(17)18)15-12(16)8-7-11-6-5-10(2)19-11/h5-8H,4,9H2,1-3H3,(H,15,16)(H,17,18)/b8-7+. The summed E-state index contributed by atoms with van der Waals surface area (Å²) in [6.07, 6.45) is 3.83. The molecule has 2 N–H and O–H groups in total. The van der Waals surface area contributed by atoms with Crippen molar-refractivity contribution in [3.8, 4) is 0 Å². The second-order valence-corrected chi connectivity index (χ2v) is 4.66. The lowest BCUT2D eigenvalue weighted by Crippen LogP contribution is -2.51. The van der Waals surface area contributed by atoms with Gasteiger partial charge in [0.05, 0.1) is 0 Å². The molecule has 1 unspecified atom stereocenters. The van der Waals surface area contributed by atoms with Gasteiger partial charge in [-0.05, 0) is 38.5 Å². The summed E-state index contributed by atoms with van der Waals surface area (Å²) >= 11 is 0. The van der Waals surface area contributed by atoms with Crippen molar-refractivity contribution in [2.24, 2.45) is 0 Å². The lowest BCUT2D eigenvalue weighted by Gasteiger charge is -2.24. The first kappa shape index (κ1) is 15.0. The van der Waals surface area contributed by atoms with Gasteiger partial charge in [0.25, 0.3) is 0 Å². The summed E-state index contributed by atoms with van der Waals surface area (Å²) in [4.78, 5) is 22.9. The summed E-state index contributed by atoms with van der Waals surface area (Å²) in [7, 11) is 0. The van der Waals surface area contributed by atoms with Gasteiger partial charge in [0.1, 0.15) is 17.1 Å². The molecule has 0 aliphatic carbocycles. The average Bonchev–Trinajstić information content (AvgIpc) is 2.72. The van der Waals surface area contributed by atoms with Gasteiger partial charge in [-0.1, -0.05) is 13.3 Å². The highest BCUT2D eigenvalue weighted by Gasteiger charge is 2.33. The minimum atomic E-state index is -1.24. The van der Waals surface area contributed by atoms with Gasteiger partial charge in [-0.3, -0.25) is 4.79 Å². The zero-order valence-corrected chi connectivity index (χ0v) is 11.4. The Kier molecular flexibility index (Phi) is 4.92.